The SMILES string of the molecule is CC(C)(C)c1cc(-c2c3c(c(-c4cc(C(C)(C)C)cc(C(C)(C)C)c4)c4cc(-c5ccccc5)ccc24)-c2cccc4c2c-3cc2c3ccccc3ccc42)cc(C(C)(C)C)c1. The average molecular weight is 805 g/mol. The Bertz CT molecular complexity index is 3220. The van der Waals surface area contributed by atoms with Gasteiger partial charge in [0.25, 0.3) is 0 Å². The van der Waals surface area contributed by atoms with E-state index in [0.717, 1.165) is 0 Å². The summed E-state index contributed by atoms with van der Waals surface area (Å²) < 4.78 is 0. The Labute approximate surface area is 369 Å². The van der Waals surface area contributed by atoms with Crippen molar-refractivity contribution in [3.05, 3.63) is 168 Å². The van der Waals surface area contributed by atoms with Crippen LogP contribution in [0.5, 0.6) is 0 Å². The number of benzene rings is 9. The highest BCUT2D eigenvalue weighted by molar-refractivity contribution is 6.32. The summed E-state index contributed by atoms with van der Waals surface area (Å²) in [6, 6.07) is 56.5. The van der Waals surface area contributed by atoms with Gasteiger partial charge in [-0.2, -0.15) is 0 Å². The molecule has 308 valence electrons. The molecule has 9 aromatic rings. The normalized spacial score (nSPS) is 13.2. The van der Waals surface area contributed by atoms with Crippen LogP contribution in [0, 0.1) is 0 Å². The lowest BCUT2D eigenvalue weighted by atomic mass is 9.75. The van der Waals surface area contributed by atoms with E-state index in [-0.39, 0.29) is 21.7 Å². The molecule has 0 radical (unpaired) electrons. The fourth-order valence-corrected chi connectivity index (χ4v) is 10.1. The van der Waals surface area contributed by atoms with Crippen molar-refractivity contribution in [2.24, 2.45) is 0 Å². The predicted octanol–water partition coefficient (Wildman–Crippen LogP) is 18.1. The summed E-state index contributed by atoms with van der Waals surface area (Å²) in [6.45, 7) is 28.3. The van der Waals surface area contributed by atoms with Crippen LogP contribution in [0.1, 0.15) is 105 Å². The molecule has 0 saturated heterocycles. The lowest BCUT2D eigenvalue weighted by Gasteiger charge is -2.29. The first-order chi connectivity index (χ1) is 29.3. The Hall–Kier alpha value is -5.98. The van der Waals surface area contributed by atoms with Gasteiger partial charge >= 0.3 is 0 Å². The third kappa shape index (κ3) is 6.49. The third-order valence-corrected chi connectivity index (χ3v) is 13.7. The molecule has 0 bridgehead atoms. The van der Waals surface area contributed by atoms with Crippen molar-refractivity contribution in [2.75, 3.05) is 0 Å². The summed E-state index contributed by atoms with van der Waals surface area (Å²) in [5.41, 5.74) is 18.4. The molecule has 0 heteroatoms. The van der Waals surface area contributed by atoms with Gasteiger partial charge in [0.15, 0.2) is 0 Å². The second-order valence-electron chi connectivity index (χ2n) is 22.3. The molecule has 62 heavy (non-hydrogen) atoms. The van der Waals surface area contributed by atoms with Crippen LogP contribution in [-0.4, -0.2) is 0 Å². The van der Waals surface area contributed by atoms with Crippen LogP contribution < -0.4 is 0 Å². The number of fused-ring (bicyclic) bond motifs is 8. The van der Waals surface area contributed by atoms with E-state index >= 15 is 0 Å². The summed E-state index contributed by atoms with van der Waals surface area (Å²) >= 11 is 0. The molecule has 0 heterocycles. The van der Waals surface area contributed by atoms with Gasteiger partial charge in [-0.05, 0) is 155 Å². The highest BCUT2D eigenvalue weighted by atomic mass is 14.4. The topological polar surface area (TPSA) is 0 Å². The molecule has 0 N–H and O–H groups in total. The largest absolute Gasteiger partial charge is 0.0622 e. The van der Waals surface area contributed by atoms with Crippen molar-refractivity contribution in [3.8, 4) is 55.6 Å². The van der Waals surface area contributed by atoms with Gasteiger partial charge in [0.1, 0.15) is 0 Å². The van der Waals surface area contributed by atoms with E-state index in [1.807, 2.05) is 0 Å². The van der Waals surface area contributed by atoms with Crippen LogP contribution in [0.3, 0.4) is 0 Å². The van der Waals surface area contributed by atoms with Gasteiger partial charge in [0, 0.05) is 0 Å². The molecule has 1 aliphatic carbocycles. The molecular formula is C62H60. The first kappa shape index (κ1) is 40.1. The zero-order chi connectivity index (χ0) is 43.7. The summed E-state index contributed by atoms with van der Waals surface area (Å²) in [5, 5.41) is 10.5. The highest BCUT2D eigenvalue weighted by Crippen LogP contribution is 2.60. The van der Waals surface area contributed by atoms with Gasteiger partial charge in [-0.15, -0.1) is 0 Å². The van der Waals surface area contributed by atoms with Crippen molar-refractivity contribution in [1.29, 1.82) is 0 Å². The van der Waals surface area contributed by atoms with Crippen LogP contribution >= 0.6 is 0 Å². The van der Waals surface area contributed by atoms with Crippen molar-refractivity contribution >= 4 is 43.1 Å². The summed E-state index contributed by atoms with van der Waals surface area (Å²) in [4.78, 5) is 0. The van der Waals surface area contributed by atoms with Crippen molar-refractivity contribution in [3.63, 3.8) is 0 Å². The first-order valence-electron chi connectivity index (χ1n) is 22.7. The van der Waals surface area contributed by atoms with E-state index in [1.54, 1.807) is 0 Å². The Morgan fingerprint density at radius 1 is 0.258 bits per heavy atom. The van der Waals surface area contributed by atoms with Crippen molar-refractivity contribution < 1.29 is 0 Å². The maximum atomic E-state index is 2.55. The summed E-state index contributed by atoms with van der Waals surface area (Å²) in [6.07, 6.45) is 0. The zero-order valence-corrected chi connectivity index (χ0v) is 38.9. The molecule has 0 nitrogen and oxygen atoms in total. The first-order valence-corrected chi connectivity index (χ1v) is 22.7. The Balaban J connectivity index is 1.47. The smallest absolute Gasteiger partial charge is 0.000719 e. The molecule has 10 rings (SSSR count). The molecule has 0 unspecified atom stereocenters. The van der Waals surface area contributed by atoms with E-state index in [1.165, 1.54) is 121 Å². The summed E-state index contributed by atoms with van der Waals surface area (Å²) in [5.74, 6) is 0. The van der Waals surface area contributed by atoms with E-state index in [9.17, 15) is 0 Å². The van der Waals surface area contributed by atoms with E-state index in [0.29, 0.717) is 0 Å². The van der Waals surface area contributed by atoms with Crippen LogP contribution in [0.2, 0.25) is 0 Å². The fourth-order valence-electron chi connectivity index (χ4n) is 10.1. The Morgan fingerprint density at radius 3 is 1.34 bits per heavy atom. The predicted molar refractivity (Wildman–Crippen MR) is 272 cm³/mol. The standard InChI is InChI=1S/C62H60/c1-59(2,3)42-29-40(30-43(34-42)60(4,5)6)54-49-28-26-39(37-19-14-13-15-20-37)33-52(49)55(41-31-44(61(7,8)9)35-45(32-41)62(10,11)12)57-50-24-18-23-48-47-27-25-38-21-16-17-22-46(38)51(47)36-53(56(48)50)58(54)57/h13-36H,1-12H3. The van der Waals surface area contributed by atoms with E-state index in [4.69, 9.17) is 0 Å². The van der Waals surface area contributed by atoms with Gasteiger partial charge < -0.3 is 0 Å². The van der Waals surface area contributed by atoms with Crippen LogP contribution in [0.25, 0.3) is 98.7 Å². The molecule has 0 aromatic heterocycles. The molecule has 0 aliphatic heterocycles. The number of hydrogen-bond acceptors (Lipinski definition) is 0. The highest BCUT2D eigenvalue weighted by Gasteiger charge is 2.34. The minimum atomic E-state index is -0.0391. The minimum absolute atomic E-state index is 0.0374. The van der Waals surface area contributed by atoms with E-state index < -0.39 is 0 Å². The molecule has 0 spiro atoms. The van der Waals surface area contributed by atoms with Crippen molar-refractivity contribution in [2.45, 2.75) is 105 Å². The van der Waals surface area contributed by atoms with Crippen LogP contribution in [-0.2, 0) is 21.7 Å². The maximum absolute atomic E-state index is 2.55. The molecular weight excluding hydrogens is 745 g/mol. The van der Waals surface area contributed by atoms with Gasteiger partial charge in [0.2, 0.25) is 0 Å². The van der Waals surface area contributed by atoms with Gasteiger partial charge in [0.05, 0.1) is 0 Å². The maximum Gasteiger partial charge on any atom is -0.000719 e. The minimum Gasteiger partial charge on any atom is -0.0622 e. The Kier molecular flexibility index (Phi) is 8.90. The lowest BCUT2D eigenvalue weighted by molar-refractivity contribution is 0.568. The molecule has 0 atom stereocenters. The fraction of sp³-hybridized carbons (Fsp3) is 0.258. The van der Waals surface area contributed by atoms with Gasteiger partial charge in [-0.3, -0.25) is 0 Å². The quantitative estimate of drug-likeness (QED) is 0.156. The Morgan fingerprint density at radius 2 is 0.758 bits per heavy atom. The zero-order valence-electron chi connectivity index (χ0n) is 38.9. The second kappa shape index (κ2) is 13.8. The monoisotopic (exact) mass is 804 g/mol. The number of hydrogen-bond donors (Lipinski definition) is 0. The van der Waals surface area contributed by atoms with Gasteiger partial charge in [-0.25, -0.2) is 0 Å². The lowest BCUT2D eigenvalue weighted by Crippen LogP contribution is -2.17. The van der Waals surface area contributed by atoms with Crippen LogP contribution in [0.4, 0.5) is 0 Å². The average Bonchev–Trinajstić information content (AvgIpc) is 3.55. The van der Waals surface area contributed by atoms with E-state index in [2.05, 4.69) is 229 Å². The molecule has 0 saturated carbocycles. The van der Waals surface area contributed by atoms with Crippen LogP contribution in [0.15, 0.2) is 146 Å². The number of rotatable bonds is 3. The molecule has 9 aromatic carbocycles. The summed E-state index contributed by atoms with van der Waals surface area (Å²) in [7, 11) is 0. The second-order valence-corrected chi connectivity index (χ2v) is 22.3. The molecule has 0 amide bonds. The third-order valence-electron chi connectivity index (χ3n) is 13.7. The molecule has 1 aliphatic rings. The van der Waals surface area contributed by atoms with Crippen molar-refractivity contribution in [1.82, 2.24) is 0 Å². The molecule has 0 fully saturated rings. The van der Waals surface area contributed by atoms with Gasteiger partial charge in [-0.1, -0.05) is 217 Å².